The summed E-state index contributed by atoms with van der Waals surface area (Å²) >= 11 is 1.60. The van der Waals surface area contributed by atoms with Gasteiger partial charge in [-0.05, 0) is 69.0 Å². The van der Waals surface area contributed by atoms with Gasteiger partial charge in [0.15, 0.2) is 0 Å². The largest absolute Gasteiger partial charge is 0.310 e. The summed E-state index contributed by atoms with van der Waals surface area (Å²) in [6, 6.07) is 13.9. The number of nitrogens with zero attached hydrogens (tertiary/aromatic N) is 2. The maximum absolute atomic E-state index is 12.6. The summed E-state index contributed by atoms with van der Waals surface area (Å²) in [5.74, 6) is 1.03. The van der Waals surface area contributed by atoms with Crippen molar-refractivity contribution in [3.63, 3.8) is 0 Å². The van der Waals surface area contributed by atoms with Gasteiger partial charge in [0.2, 0.25) is 5.91 Å². The highest BCUT2D eigenvalue weighted by atomic mass is 32.2. The van der Waals surface area contributed by atoms with Gasteiger partial charge >= 0.3 is 0 Å². The summed E-state index contributed by atoms with van der Waals surface area (Å²) in [7, 11) is 0. The van der Waals surface area contributed by atoms with Crippen molar-refractivity contribution in [2.75, 3.05) is 11.1 Å². The standard InChI is InChI=1S/C22H25N3OS/c1-14-11-15(2)18(5)22(17(14)4)27-13-21(26)23-20-12-16(3)24-25(20)19-9-7-6-8-10-19/h6-12H,13H2,1-5H3,(H,23,26). The molecule has 2 aromatic carbocycles. The van der Waals surface area contributed by atoms with E-state index in [1.54, 1.807) is 16.4 Å². The molecule has 27 heavy (non-hydrogen) atoms. The van der Waals surface area contributed by atoms with Crippen LogP contribution in [-0.2, 0) is 4.79 Å². The van der Waals surface area contributed by atoms with Gasteiger partial charge < -0.3 is 5.32 Å². The molecule has 4 nitrogen and oxygen atoms in total. The van der Waals surface area contributed by atoms with E-state index < -0.39 is 0 Å². The molecule has 0 bridgehead atoms. The molecule has 0 radical (unpaired) electrons. The molecule has 0 aliphatic heterocycles. The third-order valence-corrected chi connectivity index (χ3v) is 6.05. The highest BCUT2D eigenvalue weighted by molar-refractivity contribution is 8.00. The molecule has 0 spiro atoms. The smallest absolute Gasteiger partial charge is 0.235 e. The number of para-hydroxylation sites is 1. The number of hydrogen-bond donors (Lipinski definition) is 1. The molecular formula is C22H25N3OS. The number of aromatic nitrogens is 2. The Morgan fingerprint density at radius 1 is 1.00 bits per heavy atom. The lowest BCUT2D eigenvalue weighted by molar-refractivity contribution is -0.113. The van der Waals surface area contributed by atoms with Crippen LogP contribution in [0.25, 0.3) is 5.69 Å². The summed E-state index contributed by atoms with van der Waals surface area (Å²) in [6.07, 6.45) is 0. The van der Waals surface area contributed by atoms with Crippen LogP contribution in [0.1, 0.15) is 27.9 Å². The van der Waals surface area contributed by atoms with E-state index in [9.17, 15) is 4.79 Å². The fourth-order valence-corrected chi connectivity index (χ4v) is 4.17. The molecule has 0 fully saturated rings. The number of anilines is 1. The number of thioether (sulfide) groups is 1. The topological polar surface area (TPSA) is 46.9 Å². The quantitative estimate of drug-likeness (QED) is 0.624. The van der Waals surface area contributed by atoms with Gasteiger partial charge in [0, 0.05) is 11.0 Å². The van der Waals surface area contributed by atoms with Crippen LogP contribution < -0.4 is 5.32 Å². The van der Waals surface area contributed by atoms with Crippen LogP contribution in [0, 0.1) is 34.6 Å². The Hall–Kier alpha value is -2.53. The lowest BCUT2D eigenvalue weighted by Gasteiger charge is -2.15. The number of benzene rings is 2. The molecule has 1 aromatic heterocycles. The van der Waals surface area contributed by atoms with Crippen molar-refractivity contribution >= 4 is 23.5 Å². The van der Waals surface area contributed by atoms with Crippen molar-refractivity contribution in [2.24, 2.45) is 0 Å². The zero-order chi connectivity index (χ0) is 19.6. The third kappa shape index (κ3) is 4.25. The highest BCUT2D eigenvalue weighted by Gasteiger charge is 2.14. The molecule has 0 unspecified atom stereocenters. The first-order chi connectivity index (χ1) is 12.9. The number of carbonyl (C=O) groups is 1. The zero-order valence-corrected chi connectivity index (χ0v) is 17.3. The van der Waals surface area contributed by atoms with Gasteiger partial charge in [-0.3, -0.25) is 4.79 Å². The molecule has 3 aromatic rings. The molecule has 1 amide bonds. The highest BCUT2D eigenvalue weighted by Crippen LogP contribution is 2.31. The minimum absolute atomic E-state index is 0.0324. The van der Waals surface area contributed by atoms with Gasteiger partial charge in [0.1, 0.15) is 5.82 Å². The Morgan fingerprint density at radius 3 is 2.26 bits per heavy atom. The first-order valence-electron chi connectivity index (χ1n) is 8.99. The third-order valence-electron chi connectivity index (χ3n) is 4.74. The van der Waals surface area contributed by atoms with Gasteiger partial charge in [-0.1, -0.05) is 24.3 Å². The van der Waals surface area contributed by atoms with E-state index in [2.05, 4.69) is 44.2 Å². The zero-order valence-electron chi connectivity index (χ0n) is 16.5. The predicted molar refractivity (Wildman–Crippen MR) is 113 cm³/mol. The van der Waals surface area contributed by atoms with E-state index in [4.69, 9.17) is 0 Å². The molecule has 0 saturated carbocycles. The SMILES string of the molecule is Cc1cc(NC(=O)CSc2c(C)c(C)cc(C)c2C)n(-c2ccccc2)n1. The first kappa shape index (κ1) is 19.2. The van der Waals surface area contributed by atoms with Crippen LogP contribution in [0.3, 0.4) is 0 Å². The Labute approximate surface area is 165 Å². The molecule has 3 rings (SSSR count). The number of rotatable bonds is 5. The maximum atomic E-state index is 12.6. The lowest BCUT2D eigenvalue weighted by Crippen LogP contribution is -2.17. The molecule has 0 aliphatic rings. The first-order valence-corrected chi connectivity index (χ1v) is 9.97. The number of nitrogens with one attached hydrogen (secondary N) is 1. The molecule has 0 aliphatic carbocycles. The van der Waals surface area contributed by atoms with Gasteiger partial charge in [-0.2, -0.15) is 5.10 Å². The number of hydrogen-bond acceptors (Lipinski definition) is 3. The van der Waals surface area contributed by atoms with Gasteiger partial charge in [0.25, 0.3) is 0 Å². The van der Waals surface area contributed by atoms with E-state index in [-0.39, 0.29) is 5.91 Å². The van der Waals surface area contributed by atoms with E-state index in [1.807, 2.05) is 43.3 Å². The number of amides is 1. The summed E-state index contributed by atoms with van der Waals surface area (Å²) in [6.45, 7) is 10.4. The molecule has 140 valence electrons. The molecule has 0 atom stereocenters. The van der Waals surface area contributed by atoms with Crippen molar-refractivity contribution in [3.8, 4) is 5.69 Å². The fraction of sp³-hybridized carbons (Fsp3) is 0.273. The monoisotopic (exact) mass is 379 g/mol. The van der Waals surface area contributed by atoms with Crippen molar-refractivity contribution in [3.05, 3.63) is 70.4 Å². The second-order valence-corrected chi connectivity index (χ2v) is 7.83. The minimum atomic E-state index is -0.0324. The maximum Gasteiger partial charge on any atom is 0.235 e. The molecular weight excluding hydrogens is 354 g/mol. The fourth-order valence-electron chi connectivity index (χ4n) is 3.07. The predicted octanol–water partition coefficient (Wildman–Crippen LogP) is 5.15. The van der Waals surface area contributed by atoms with Crippen LogP contribution in [0.5, 0.6) is 0 Å². The summed E-state index contributed by atoms with van der Waals surface area (Å²) < 4.78 is 1.77. The molecule has 1 heterocycles. The minimum Gasteiger partial charge on any atom is -0.310 e. The van der Waals surface area contributed by atoms with Gasteiger partial charge in [-0.15, -0.1) is 11.8 Å². The summed E-state index contributed by atoms with van der Waals surface area (Å²) in [4.78, 5) is 13.8. The summed E-state index contributed by atoms with van der Waals surface area (Å²) in [5.41, 5.74) is 6.82. The van der Waals surface area contributed by atoms with Crippen molar-refractivity contribution in [1.29, 1.82) is 0 Å². The van der Waals surface area contributed by atoms with Crippen molar-refractivity contribution in [2.45, 2.75) is 39.5 Å². The van der Waals surface area contributed by atoms with E-state index in [1.165, 1.54) is 27.1 Å². The van der Waals surface area contributed by atoms with Crippen molar-refractivity contribution < 1.29 is 4.79 Å². The second kappa shape index (κ2) is 8.01. The number of carbonyl (C=O) groups excluding carboxylic acids is 1. The Balaban J connectivity index is 1.75. The van der Waals surface area contributed by atoms with Crippen LogP contribution in [0.2, 0.25) is 0 Å². The average molecular weight is 380 g/mol. The average Bonchev–Trinajstić information content (AvgIpc) is 3.01. The molecule has 5 heteroatoms. The van der Waals surface area contributed by atoms with Crippen LogP contribution in [-0.4, -0.2) is 21.4 Å². The van der Waals surface area contributed by atoms with E-state index >= 15 is 0 Å². The Kier molecular flexibility index (Phi) is 5.71. The van der Waals surface area contributed by atoms with Crippen LogP contribution >= 0.6 is 11.8 Å². The van der Waals surface area contributed by atoms with Crippen LogP contribution in [0.4, 0.5) is 5.82 Å². The Bertz CT molecular complexity index is 951. The van der Waals surface area contributed by atoms with Crippen LogP contribution in [0.15, 0.2) is 47.4 Å². The molecule has 1 N–H and O–H groups in total. The number of aryl methyl sites for hydroxylation is 3. The van der Waals surface area contributed by atoms with E-state index in [0.717, 1.165) is 11.4 Å². The van der Waals surface area contributed by atoms with Crippen molar-refractivity contribution in [1.82, 2.24) is 9.78 Å². The second-order valence-electron chi connectivity index (χ2n) is 6.84. The lowest BCUT2D eigenvalue weighted by atomic mass is 10.0. The van der Waals surface area contributed by atoms with Gasteiger partial charge in [0.05, 0.1) is 17.1 Å². The Morgan fingerprint density at radius 2 is 1.63 bits per heavy atom. The summed E-state index contributed by atoms with van der Waals surface area (Å²) in [5, 5.41) is 7.51. The molecule has 0 saturated heterocycles. The van der Waals surface area contributed by atoms with E-state index in [0.29, 0.717) is 11.6 Å². The van der Waals surface area contributed by atoms with Gasteiger partial charge in [-0.25, -0.2) is 4.68 Å². The normalized spacial score (nSPS) is 10.9.